The molecule has 2 fully saturated rings. The third kappa shape index (κ3) is 3.83. The minimum absolute atomic E-state index is 0.0772. The molecule has 1 aliphatic carbocycles. The van der Waals surface area contributed by atoms with Crippen LogP contribution >= 0.6 is 0 Å². The van der Waals surface area contributed by atoms with Gasteiger partial charge in [-0.25, -0.2) is 9.20 Å². The summed E-state index contributed by atoms with van der Waals surface area (Å²) in [7, 11) is 5.82. The summed E-state index contributed by atoms with van der Waals surface area (Å²) >= 11 is 0. The Balaban J connectivity index is 1.31. The summed E-state index contributed by atoms with van der Waals surface area (Å²) in [6.07, 6.45) is 7.58. The average Bonchev–Trinajstić information content (AvgIpc) is 3.49. The number of fused-ring (bicyclic) bond motifs is 2. The number of amides is 1. The molecule has 5 rings (SSSR count). The van der Waals surface area contributed by atoms with Crippen molar-refractivity contribution in [2.75, 3.05) is 34.3 Å². The predicted molar refractivity (Wildman–Crippen MR) is 115 cm³/mol. The van der Waals surface area contributed by atoms with Crippen molar-refractivity contribution in [3.63, 3.8) is 0 Å². The lowest BCUT2D eigenvalue weighted by Crippen LogP contribution is -2.37. The Labute approximate surface area is 181 Å². The number of ether oxygens (including phenoxy) is 1. The molecule has 0 N–H and O–H groups in total. The zero-order valence-corrected chi connectivity index (χ0v) is 18.3. The highest BCUT2D eigenvalue weighted by molar-refractivity contribution is 5.95. The van der Waals surface area contributed by atoms with E-state index in [1.807, 2.05) is 54.3 Å². The summed E-state index contributed by atoms with van der Waals surface area (Å²) in [5, 5.41) is 12.9. The minimum atomic E-state index is 0.0772. The Hall–Kier alpha value is -2.78. The van der Waals surface area contributed by atoms with Gasteiger partial charge in [0.05, 0.1) is 29.6 Å². The first kappa shape index (κ1) is 20.1. The normalized spacial score (nSPS) is 26.0. The largest absolute Gasteiger partial charge is 0.379 e. The molecule has 164 valence electrons. The molecule has 1 amide bonds. The van der Waals surface area contributed by atoms with Crippen LogP contribution in [0.5, 0.6) is 0 Å². The van der Waals surface area contributed by atoms with E-state index in [1.165, 1.54) is 0 Å². The van der Waals surface area contributed by atoms with E-state index < -0.39 is 0 Å². The van der Waals surface area contributed by atoms with Crippen LogP contribution in [0.25, 0.3) is 5.52 Å². The van der Waals surface area contributed by atoms with E-state index in [4.69, 9.17) is 4.74 Å². The molecule has 31 heavy (non-hydrogen) atoms. The number of nitrogens with zero attached hydrogens (tertiary/aromatic N) is 7. The Morgan fingerprint density at radius 2 is 2.03 bits per heavy atom. The Morgan fingerprint density at radius 3 is 2.81 bits per heavy atom. The fourth-order valence-corrected chi connectivity index (χ4v) is 5.20. The van der Waals surface area contributed by atoms with Crippen LogP contribution in [0, 0.1) is 11.8 Å². The number of likely N-dealkylation sites (tertiary alicyclic amines) is 1. The molecular formula is C22H29N7O2. The second kappa shape index (κ2) is 8.05. The predicted octanol–water partition coefficient (Wildman–Crippen LogP) is 1.73. The van der Waals surface area contributed by atoms with Crippen LogP contribution in [-0.4, -0.2) is 80.7 Å². The molecule has 4 heterocycles. The number of carbonyl (C=O) groups excluding carboxylic acids is 1. The van der Waals surface area contributed by atoms with Crippen LogP contribution in [-0.2, 0) is 11.3 Å². The Morgan fingerprint density at radius 1 is 1.23 bits per heavy atom. The SMILES string of the molecule is CO[C@@H]1C[C@H]2CN(C(=O)c3ccn4nccc4c3)C[C@H]2C[C@H]1n1cc(CN(C)C)nn1. The van der Waals surface area contributed by atoms with E-state index in [0.29, 0.717) is 11.8 Å². The first-order valence-corrected chi connectivity index (χ1v) is 10.8. The van der Waals surface area contributed by atoms with Crippen molar-refractivity contribution in [1.29, 1.82) is 0 Å². The number of hydrogen-bond acceptors (Lipinski definition) is 6. The van der Waals surface area contributed by atoms with Crippen molar-refractivity contribution in [1.82, 2.24) is 34.4 Å². The van der Waals surface area contributed by atoms with E-state index in [0.717, 1.165) is 49.2 Å². The van der Waals surface area contributed by atoms with Crippen LogP contribution < -0.4 is 0 Å². The zero-order chi connectivity index (χ0) is 21.5. The topological polar surface area (TPSA) is 80.8 Å². The van der Waals surface area contributed by atoms with Crippen molar-refractivity contribution in [2.45, 2.75) is 31.5 Å². The van der Waals surface area contributed by atoms with Crippen molar-refractivity contribution >= 4 is 11.4 Å². The van der Waals surface area contributed by atoms with E-state index in [2.05, 4.69) is 20.3 Å². The molecule has 2 aliphatic rings. The molecule has 0 bridgehead atoms. The fourth-order valence-electron chi connectivity index (χ4n) is 5.20. The number of carbonyl (C=O) groups is 1. The van der Waals surface area contributed by atoms with Crippen molar-refractivity contribution in [2.24, 2.45) is 11.8 Å². The molecule has 0 radical (unpaired) electrons. The van der Waals surface area contributed by atoms with Crippen molar-refractivity contribution in [3.8, 4) is 0 Å². The van der Waals surface area contributed by atoms with Gasteiger partial charge < -0.3 is 14.5 Å². The summed E-state index contributed by atoms with van der Waals surface area (Å²) in [6, 6.07) is 5.83. The van der Waals surface area contributed by atoms with Gasteiger partial charge in [-0.15, -0.1) is 5.10 Å². The summed E-state index contributed by atoms with van der Waals surface area (Å²) in [5.41, 5.74) is 2.61. The number of pyridine rings is 1. The number of hydrogen-bond donors (Lipinski definition) is 0. The van der Waals surface area contributed by atoms with E-state index in [-0.39, 0.29) is 18.1 Å². The van der Waals surface area contributed by atoms with E-state index in [9.17, 15) is 4.79 Å². The summed E-state index contributed by atoms with van der Waals surface area (Å²) in [5.74, 6) is 0.992. The number of rotatable bonds is 5. The van der Waals surface area contributed by atoms with Crippen LogP contribution in [0.15, 0.2) is 36.8 Å². The smallest absolute Gasteiger partial charge is 0.254 e. The quantitative estimate of drug-likeness (QED) is 0.622. The van der Waals surface area contributed by atoms with Gasteiger partial charge in [0.2, 0.25) is 0 Å². The zero-order valence-electron chi connectivity index (χ0n) is 18.3. The van der Waals surface area contributed by atoms with Gasteiger partial charge in [0.15, 0.2) is 0 Å². The minimum Gasteiger partial charge on any atom is -0.379 e. The second-order valence-electron chi connectivity index (χ2n) is 9.09. The fraction of sp³-hybridized carbons (Fsp3) is 0.545. The molecule has 9 heteroatoms. The Kier molecular flexibility index (Phi) is 5.23. The standard InChI is InChI=1S/C22H29N7O2/c1-26(2)13-18-14-29(25-24-18)20-9-16-11-27(12-17(16)10-21(20)31-3)22(30)15-5-7-28-19(8-15)4-6-23-28/h4-8,14,16-17,20-21H,9-13H2,1-3H3/t16-,17+,20-,21-/m1/s1. The van der Waals surface area contributed by atoms with Gasteiger partial charge >= 0.3 is 0 Å². The third-order valence-corrected chi connectivity index (χ3v) is 6.70. The van der Waals surface area contributed by atoms with Gasteiger partial charge in [0.25, 0.3) is 5.91 Å². The molecule has 0 spiro atoms. The maximum absolute atomic E-state index is 13.2. The summed E-state index contributed by atoms with van der Waals surface area (Å²) in [6.45, 7) is 2.32. The molecule has 4 atom stereocenters. The number of methoxy groups -OCH3 is 1. The molecule has 3 aromatic rings. The molecular weight excluding hydrogens is 394 g/mol. The lowest BCUT2D eigenvalue weighted by atomic mass is 9.77. The van der Waals surface area contributed by atoms with Gasteiger partial charge in [0, 0.05) is 44.7 Å². The van der Waals surface area contributed by atoms with Crippen molar-refractivity contribution in [3.05, 3.63) is 48.0 Å². The van der Waals surface area contributed by atoms with Crippen molar-refractivity contribution < 1.29 is 9.53 Å². The molecule has 3 aromatic heterocycles. The van der Waals surface area contributed by atoms with Crippen LogP contribution in [0.2, 0.25) is 0 Å². The maximum Gasteiger partial charge on any atom is 0.254 e. The maximum atomic E-state index is 13.2. The molecule has 1 saturated carbocycles. The summed E-state index contributed by atoms with van der Waals surface area (Å²) in [4.78, 5) is 17.3. The Bertz CT molecular complexity index is 1070. The molecule has 0 unspecified atom stereocenters. The average molecular weight is 424 g/mol. The lowest BCUT2D eigenvalue weighted by molar-refractivity contribution is -0.00547. The van der Waals surface area contributed by atoms with E-state index in [1.54, 1.807) is 17.8 Å². The molecule has 9 nitrogen and oxygen atoms in total. The summed E-state index contributed by atoms with van der Waals surface area (Å²) < 4.78 is 9.61. The van der Waals surface area contributed by atoms with Crippen LogP contribution in [0.1, 0.15) is 34.9 Å². The van der Waals surface area contributed by atoms with E-state index >= 15 is 0 Å². The highest BCUT2D eigenvalue weighted by Gasteiger charge is 2.44. The van der Waals surface area contributed by atoms with Gasteiger partial charge in [-0.3, -0.25) is 4.79 Å². The molecule has 0 aromatic carbocycles. The first-order valence-electron chi connectivity index (χ1n) is 10.8. The highest BCUT2D eigenvalue weighted by atomic mass is 16.5. The van der Waals surface area contributed by atoms with Crippen LogP contribution in [0.4, 0.5) is 0 Å². The first-order chi connectivity index (χ1) is 15.0. The lowest BCUT2D eigenvalue weighted by Gasteiger charge is -2.36. The monoisotopic (exact) mass is 423 g/mol. The van der Waals surface area contributed by atoms with Gasteiger partial charge in [-0.1, -0.05) is 5.21 Å². The van der Waals surface area contributed by atoms with Gasteiger partial charge in [-0.2, -0.15) is 5.10 Å². The third-order valence-electron chi connectivity index (χ3n) is 6.70. The second-order valence-corrected chi connectivity index (χ2v) is 9.09. The highest BCUT2D eigenvalue weighted by Crippen LogP contribution is 2.42. The van der Waals surface area contributed by atoms with Gasteiger partial charge in [-0.05, 0) is 57.0 Å². The number of aromatic nitrogens is 5. The van der Waals surface area contributed by atoms with Gasteiger partial charge in [0.1, 0.15) is 0 Å². The van der Waals surface area contributed by atoms with Crippen LogP contribution in [0.3, 0.4) is 0 Å². The molecule has 1 saturated heterocycles. The molecule has 1 aliphatic heterocycles.